The fourth-order valence-corrected chi connectivity index (χ4v) is 3.73. The molecule has 0 saturated carbocycles. The smallest absolute Gasteiger partial charge is 0.339 e. The van der Waals surface area contributed by atoms with E-state index in [0.717, 1.165) is 11.8 Å². The van der Waals surface area contributed by atoms with Crippen LogP contribution in [-0.2, 0) is 39.6 Å². The summed E-state index contributed by atoms with van der Waals surface area (Å²) in [5.41, 5.74) is -0.709. The molecule has 0 N–H and O–H groups in total. The molecule has 9 heteroatoms. The van der Waals surface area contributed by atoms with Gasteiger partial charge in [-0.1, -0.05) is 30.3 Å². The Morgan fingerprint density at radius 3 is 2.35 bits per heavy atom. The minimum absolute atomic E-state index is 0.119. The molecule has 0 heterocycles. The number of esters is 1. The van der Waals surface area contributed by atoms with E-state index in [0.29, 0.717) is 6.42 Å². The fraction of sp³-hybridized carbons (Fsp3) is 0.588. The van der Waals surface area contributed by atoms with Crippen LogP contribution in [0.3, 0.4) is 0 Å². The Kier molecular flexibility index (Phi) is 9.36. The molecule has 0 fully saturated rings. The van der Waals surface area contributed by atoms with Gasteiger partial charge in [0.2, 0.25) is 0 Å². The van der Waals surface area contributed by atoms with E-state index in [1.165, 1.54) is 0 Å². The lowest BCUT2D eigenvalue weighted by atomic mass is 9.84. The summed E-state index contributed by atoms with van der Waals surface area (Å²) in [7, 11) is -4.04. The van der Waals surface area contributed by atoms with Crippen molar-refractivity contribution in [1.82, 2.24) is 0 Å². The average molecular weight is 404 g/mol. The molecule has 7 nitrogen and oxygen atoms in total. The number of benzene rings is 1. The first-order chi connectivity index (χ1) is 12.3. The molecule has 0 aliphatic carbocycles. The normalized spacial score (nSPS) is 15.3. The van der Waals surface area contributed by atoms with Crippen molar-refractivity contribution in [3.8, 4) is 0 Å². The molecule has 1 aromatic rings. The second kappa shape index (κ2) is 10.7. The molecule has 0 spiro atoms. The number of hydrogen-bond donors (Lipinski definition) is 0. The van der Waals surface area contributed by atoms with E-state index in [4.69, 9.17) is 13.7 Å². The van der Waals surface area contributed by atoms with Crippen LogP contribution < -0.4 is 0 Å². The summed E-state index contributed by atoms with van der Waals surface area (Å²) in [6.45, 7) is 3.35. The van der Waals surface area contributed by atoms with Crippen LogP contribution in [0, 0.1) is 5.92 Å². The summed E-state index contributed by atoms with van der Waals surface area (Å²) in [6.07, 6.45) is 1.07. The standard InChI is InChI=1S/C17H25O7PS/c1-4-22-16(18)17(13-25-19,23-5-2)15(12-24-26(3,20)21)11-14-9-7-6-8-10-14/h6-10,15H,4-5,11-13H2,1-3H3. The molecular weight excluding hydrogens is 379 g/mol. The summed E-state index contributed by atoms with van der Waals surface area (Å²) in [5, 5.41) is 0. The topological polar surface area (TPSA) is 96.0 Å². The zero-order valence-electron chi connectivity index (χ0n) is 15.2. The van der Waals surface area contributed by atoms with Gasteiger partial charge in [0.05, 0.1) is 25.6 Å². The van der Waals surface area contributed by atoms with Gasteiger partial charge < -0.3 is 9.47 Å². The second-order valence-electron chi connectivity index (χ2n) is 5.71. The fourth-order valence-electron chi connectivity index (χ4n) is 2.65. The highest BCUT2D eigenvalue weighted by atomic mass is 32.2. The van der Waals surface area contributed by atoms with Crippen molar-refractivity contribution in [2.24, 2.45) is 5.92 Å². The molecule has 0 saturated heterocycles. The summed E-state index contributed by atoms with van der Waals surface area (Å²) >= 11 is 0. The number of carbonyl (C=O) groups is 1. The van der Waals surface area contributed by atoms with Crippen LogP contribution in [0.25, 0.3) is 0 Å². The monoisotopic (exact) mass is 404 g/mol. The Morgan fingerprint density at radius 2 is 1.85 bits per heavy atom. The molecule has 0 aromatic heterocycles. The Hall–Kier alpha value is -1.34. The number of ether oxygens (including phenoxy) is 2. The first-order valence-corrected chi connectivity index (χ1v) is 11.1. The molecule has 0 amide bonds. The molecule has 146 valence electrons. The Bertz CT molecular complexity index is 678. The number of carbonyl (C=O) groups excluding carboxylic acids is 1. The minimum Gasteiger partial charge on any atom is -0.464 e. The SMILES string of the molecule is CCOC(=O)C(CP=O)(OCC)C(COS(C)(=O)=O)Cc1ccccc1. The first kappa shape index (κ1) is 22.7. The van der Waals surface area contributed by atoms with Crippen molar-refractivity contribution >= 4 is 24.5 Å². The van der Waals surface area contributed by atoms with Gasteiger partial charge in [0.1, 0.15) is 0 Å². The van der Waals surface area contributed by atoms with Gasteiger partial charge in [-0.05, 0) is 25.8 Å². The van der Waals surface area contributed by atoms with Crippen LogP contribution in [0.15, 0.2) is 30.3 Å². The zero-order chi connectivity index (χ0) is 19.6. The Labute approximate surface area is 156 Å². The highest BCUT2D eigenvalue weighted by Crippen LogP contribution is 2.32. The molecular formula is C17H25O7PS. The number of hydrogen-bond acceptors (Lipinski definition) is 7. The van der Waals surface area contributed by atoms with Gasteiger partial charge in [0, 0.05) is 12.5 Å². The van der Waals surface area contributed by atoms with Gasteiger partial charge >= 0.3 is 5.97 Å². The van der Waals surface area contributed by atoms with E-state index in [9.17, 15) is 17.8 Å². The third-order valence-corrected chi connectivity index (χ3v) is 4.95. The Morgan fingerprint density at radius 1 is 1.19 bits per heavy atom. The maximum Gasteiger partial charge on any atom is 0.339 e. The zero-order valence-corrected chi connectivity index (χ0v) is 16.9. The van der Waals surface area contributed by atoms with Gasteiger partial charge in [-0.15, -0.1) is 0 Å². The van der Waals surface area contributed by atoms with E-state index >= 15 is 0 Å². The summed E-state index contributed by atoms with van der Waals surface area (Å²) < 4.78 is 50.2. The van der Waals surface area contributed by atoms with Crippen LogP contribution in [0.1, 0.15) is 19.4 Å². The van der Waals surface area contributed by atoms with Crippen molar-refractivity contribution < 1.29 is 31.4 Å². The van der Waals surface area contributed by atoms with E-state index in [-0.39, 0.29) is 34.4 Å². The maximum absolute atomic E-state index is 12.7. The maximum atomic E-state index is 12.7. The predicted molar refractivity (Wildman–Crippen MR) is 97.9 cm³/mol. The quantitative estimate of drug-likeness (QED) is 0.300. The molecule has 0 bridgehead atoms. The molecule has 2 atom stereocenters. The molecule has 0 aliphatic rings. The largest absolute Gasteiger partial charge is 0.464 e. The third kappa shape index (κ3) is 6.76. The van der Waals surface area contributed by atoms with Crippen LogP contribution in [-0.4, -0.2) is 52.2 Å². The van der Waals surface area contributed by atoms with Crippen LogP contribution >= 0.6 is 8.46 Å². The summed E-state index contributed by atoms with van der Waals surface area (Å²) in [4.78, 5) is 12.7. The molecule has 2 unspecified atom stereocenters. The summed E-state index contributed by atoms with van der Waals surface area (Å²) in [5.74, 6) is -1.39. The lowest BCUT2D eigenvalue weighted by Crippen LogP contribution is -2.53. The lowest BCUT2D eigenvalue weighted by molar-refractivity contribution is -0.178. The first-order valence-electron chi connectivity index (χ1n) is 8.27. The van der Waals surface area contributed by atoms with Crippen LogP contribution in [0.2, 0.25) is 0 Å². The highest BCUT2D eigenvalue weighted by Gasteiger charge is 2.49. The van der Waals surface area contributed by atoms with E-state index in [1.807, 2.05) is 30.3 Å². The average Bonchev–Trinajstić information content (AvgIpc) is 2.58. The van der Waals surface area contributed by atoms with Crippen LogP contribution in [0.5, 0.6) is 0 Å². The molecule has 0 aliphatic heterocycles. The predicted octanol–water partition coefficient (Wildman–Crippen LogP) is 2.45. The Balaban J connectivity index is 3.31. The van der Waals surface area contributed by atoms with Crippen molar-refractivity contribution in [3.05, 3.63) is 35.9 Å². The van der Waals surface area contributed by atoms with E-state index in [2.05, 4.69) is 0 Å². The van der Waals surface area contributed by atoms with E-state index in [1.54, 1.807) is 13.8 Å². The van der Waals surface area contributed by atoms with Gasteiger partial charge in [-0.25, -0.2) is 4.79 Å². The minimum atomic E-state index is -3.73. The second-order valence-corrected chi connectivity index (χ2v) is 7.92. The van der Waals surface area contributed by atoms with Crippen molar-refractivity contribution in [2.75, 3.05) is 32.2 Å². The van der Waals surface area contributed by atoms with Gasteiger partial charge in [0.15, 0.2) is 14.1 Å². The molecule has 1 rings (SSSR count). The molecule has 1 aromatic carbocycles. The van der Waals surface area contributed by atoms with Crippen LogP contribution in [0.4, 0.5) is 0 Å². The van der Waals surface area contributed by atoms with Crippen molar-refractivity contribution in [1.29, 1.82) is 0 Å². The highest BCUT2D eigenvalue weighted by molar-refractivity contribution is 7.85. The summed E-state index contributed by atoms with van der Waals surface area (Å²) in [6, 6.07) is 9.22. The van der Waals surface area contributed by atoms with E-state index < -0.39 is 27.6 Å². The van der Waals surface area contributed by atoms with Gasteiger partial charge in [-0.2, -0.15) is 8.42 Å². The van der Waals surface area contributed by atoms with Crippen molar-refractivity contribution in [3.63, 3.8) is 0 Å². The lowest BCUT2D eigenvalue weighted by Gasteiger charge is -2.36. The third-order valence-electron chi connectivity index (χ3n) is 3.79. The molecule has 26 heavy (non-hydrogen) atoms. The van der Waals surface area contributed by atoms with Gasteiger partial charge in [-0.3, -0.25) is 8.75 Å². The van der Waals surface area contributed by atoms with Gasteiger partial charge in [0.25, 0.3) is 10.1 Å². The molecule has 0 radical (unpaired) electrons. The number of rotatable bonds is 12. The van der Waals surface area contributed by atoms with Crippen molar-refractivity contribution in [2.45, 2.75) is 25.9 Å².